The zero-order chi connectivity index (χ0) is 18.8. The highest BCUT2D eigenvalue weighted by molar-refractivity contribution is 6.32. The van der Waals surface area contributed by atoms with Crippen molar-refractivity contribution in [2.75, 3.05) is 18.0 Å². The summed E-state index contributed by atoms with van der Waals surface area (Å²) in [5.74, 6) is -0.917. The zero-order valence-electron chi connectivity index (χ0n) is 14.7. The molecule has 26 heavy (non-hydrogen) atoms. The second-order valence-corrected chi connectivity index (χ2v) is 6.62. The van der Waals surface area contributed by atoms with Gasteiger partial charge in [-0.2, -0.15) is 0 Å². The van der Waals surface area contributed by atoms with Crippen LogP contribution in [-0.4, -0.2) is 35.7 Å². The monoisotopic (exact) mass is 370 g/mol. The first-order chi connectivity index (χ1) is 12.4. The van der Waals surface area contributed by atoms with Gasteiger partial charge in [0.25, 0.3) is 11.8 Å². The predicted octanol–water partition coefficient (Wildman–Crippen LogP) is 3.69. The van der Waals surface area contributed by atoms with Crippen molar-refractivity contribution in [3.63, 3.8) is 0 Å². The molecule has 134 valence electrons. The summed E-state index contributed by atoms with van der Waals surface area (Å²) in [6, 6.07) is 12.3. The smallest absolute Gasteiger partial charge is 0.261 e. The minimum atomic E-state index is -0.404. The standard InChI is InChI=1S/C20H19ClN2O3/c1-3-22(15-6-4-5-13(2)11-15)18(24)9-10-23-19(25)16-8-7-14(21)12-17(16)20(23)26/h4-8,11-12H,3,9-10H2,1-2H3. The van der Waals surface area contributed by atoms with Crippen LogP contribution in [0, 0.1) is 6.92 Å². The lowest BCUT2D eigenvalue weighted by atomic mass is 10.1. The van der Waals surface area contributed by atoms with Gasteiger partial charge in [0.1, 0.15) is 0 Å². The number of amides is 3. The first-order valence-corrected chi connectivity index (χ1v) is 8.83. The maximum Gasteiger partial charge on any atom is 0.261 e. The number of nitrogens with zero attached hydrogens (tertiary/aromatic N) is 2. The average molecular weight is 371 g/mol. The summed E-state index contributed by atoms with van der Waals surface area (Å²) in [7, 11) is 0. The Morgan fingerprint density at radius 2 is 1.81 bits per heavy atom. The van der Waals surface area contributed by atoms with Gasteiger partial charge in [-0.1, -0.05) is 23.7 Å². The maximum atomic E-state index is 12.6. The molecular formula is C20H19ClN2O3. The van der Waals surface area contributed by atoms with Gasteiger partial charge >= 0.3 is 0 Å². The van der Waals surface area contributed by atoms with E-state index >= 15 is 0 Å². The van der Waals surface area contributed by atoms with Crippen molar-refractivity contribution in [3.05, 3.63) is 64.2 Å². The third-order valence-electron chi connectivity index (χ3n) is 4.41. The summed E-state index contributed by atoms with van der Waals surface area (Å²) in [6.07, 6.45) is 0.0704. The zero-order valence-corrected chi connectivity index (χ0v) is 15.4. The van der Waals surface area contributed by atoms with E-state index in [1.807, 2.05) is 38.1 Å². The minimum Gasteiger partial charge on any atom is -0.313 e. The van der Waals surface area contributed by atoms with E-state index in [0.717, 1.165) is 16.2 Å². The minimum absolute atomic E-state index is 0.0467. The Hall–Kier alpha value is -2.66. The molecule has 1 aliphatic heterocycles. The second-order valence-electron chi connectivity index (χ2n) is 6.18. The number of anilines is 1. The van der Waals surface area contributed by atoms with E-state index in [2.05, 4.69) is 0 Å². The van der Waals surface area contributed by atoms with E-state index in [9.17, 15) is 14.4 Å². The fraction of sp³-hybridized carbons (Fsp3) is 0.250. The molecule has 0 bridgehead atoms. The van der Waals surface area contributed by atoms with Gasteiger partial charge in [-0.3, -0.25) is 19.3 Å². The van der Waals surface area contributed by atoms with E-state index in [1.54, 1.807) is 17.0 Å². The van der Waals surface area contributed by atoms with E-state index < -0.39 is 5.91 Å². The number of aryl methyl sites for hydroxylation is 1. The number of carbonyl (C=O) groups is 3. The highest BCUT2D eigenvalue weighted by Gasteiger charge is 2.35. The van der Waals surface area contributed by atoms with Crippen molar-refractivity contribution >= 4 is 35.0 Å². The Morgan fingerprint density at radius 1 is 1.08 bits per heavy atom. The number of hydrogen-bond acceptors (Lipinski definition) is 3. The first kappa shape index (κ1) is 18.1. The molecule has 0 atom stereocenters. The average Bonchev–Trinajstić information content (AvgIpc) is 2.84. The van der Waals surface area contributed by atoms with Gasteiger partial charge in [-0.25, -0.2) is 0 Å². The molecule has 0 fully saturated rings. The van der Waals surface area contributed by atoms with Crippen molar-refractivity contribution in [2.24, 2.45) is 0 Å². The molecule has 5 nitrogen and oxygen atoms in total. The van der Waals surface area contributed by atoms with Gasteiger partial charge < -0.3 is 4.90 Å². The van der Waals surface area contributed by atoms with Crippen LogP contribution in [0.3, 0.4) is 0 Å². The normalized spacial score (nSPS) is 13.1. The van der Waals surface area contributed by atoms with Gasteiger partial charge in [-0.15, -0.1) is 0 Å². The molecule has 2 aromatic rings. The number of benzene rings is 2. The molecule has 6 heteroatoms. The van der Waals surface area contributed by atoms with Crippen LogP contribution < -0.4 is 4.90 Å². The van der Waals surface area contributed by atoms with Crippen LogP contribution in [0.1, 0.15) is 39.6 Å². The lowest BCUT2D eigenvalue weighted by Gasteiger charge is -2.22. The summed E-state index contributed by atoms with van der Waals surface area (Å²) in [5, 5.41) is 0.402. The lowest BCUT2D eigenvalue weighted by molar-refractivity contribution is -0.118. The van der Waals surface area contributed by atoms with Crippen LogP contribution in [-0.2, 0) is 4.79 Å². The number of fused-ring (bicyclic) bond motifs is 1. The molecule has 0 saturated carbocycles. The number of imide groups is 1. The van der Waals surface area contributed by atoms with E-state index in [1.165, 1.54) is 6.07 Å². The predicted molar refractivity (Wildman–Crippen MR) is 101 cm³/mol. The van der Waals surface area contributed by atoms with Crippen LogP contribution in [0.15, 0.2) is 42.5 Å². The molecule has 0 saturated heterocycles. The molecule has 1 heterocycles. The molecule has 0 unspecified atom stereocenters. The summed E-state index contributed by atoms with van der Waals surface area (Å²) in [5.41, 5.74) is 2.50. The fourth-order valence-corrected chi connectivity index (χ4v) is 3.28. The molecule has 2 aromatic carbocycles. The van der Waals surface area contributed by atoms with Crippen LogP contribution in [0.5, 0.6) is 0 Å². The topological polar surface area (TPSA) is 57.7 Å². The highest BCUT2D eigenvalue weighted by atomic mass is 35.5. The molecule has 0 aromatic heterocycles. The number of carbonyl (C=O) groups excluding carboxylic acids is 3. The van der Waals surface area contributed by atoms with Crippen molar-refractivity contribution in [1.29, 1.82) is 0 Å². The third-order valence-corrected chi connectivity index (χ3v) is 4.65. The molecule has 1 aliphatic rings. The van der Waals surface area contributed by atoms with E-state index in [-0.39, 0.29) is 24.8 Å². The molecule has 0 aliphatic carbocycles. The Labute approximate surface area is 157 Å². The number of halogens is 1. The first-order valence-electron chi connectivity index (χ1n) is 8.45. The number of hydrogen-bond donors (Lipinski definition) is 0. The van der Waals surface area contributed by atoms with Crippen molar-refractivity contribution in [3.8, 4) is 0 Å². The van der Waals surface area contributed by atoms with Crippen LogP contribution in [0.25, 0.3) is 0 Å². The van der Waals surface area contributed by atoms with Gasteiger partial charge in [0.15, 0.2) is 0 Å². The summed E-state index contributed by atoms with van der Waals surface area (Å²) in [6.45, 7) is 4.42. The van der Waals surface area contributed by atoms with E-state index in [0.29, 0.717) is 22.7 Å². The SMILES string of the molecule is CCN(C(=O)CCN1C(=O)c2ccc(Cl)cc2C1=O)c1cccc(C)c1. The van der Waals surface area contributed by atoms with Gasteiger partial charge in [0.05, 0.1) is 11.1 Å². The second kappa shape index (κ2) is 7.30. The molecule has 3 amide bonds. The summed E-state index contributed by atoms with van der Waals surface area (Å²) >= 11 is 5.91. The highest BCUT2D eigenvalue weighted by Crippen LogP contribution is 2.26. The molecule has 0 N–H and O–H groups in total. The molecule has 0 spiro atoms. The van der Waals surface area contributed by atoms with E-state index in [4.69, 9.17) is 11.6 Å². The largest absolute Gasteiger partial charge is 0.313 e. The fourth-order valence-electron chi connectivity index (χ4n) is 3.11. The van der Waals surface area contributed by atoms with Gasteiger partial charge in [0.2, 0.25) is 5.91 Å². The van der Waals surface area contributed by atoms with Gasteiger partial charge in [0, 0.05) is 30.2 Å². The van der Waals surface area contributed by atoms with Crippen LogP contribution in [0.2, 0.25) is 5.02 Å². The van der Waals surface area contributed by atoms with Crippen molar-refractivity contribution < 1.29 is 14.4 Å². The quantitative estimate of drug-likeness (QED) is 0.754. The third kappa shape index (κ3) is 3.35. The Kier molecular flexibility index (Phi) is 5.09. The Balaban J connectivity index is 1.71. The van der Waals surface area contributed by atoms with Crippen molar-refractivity contribution in [1.82, 2.24) is 4.90 Å². The van der Waals surface area contributed by atoms with Crippen LogP contribution >= 0.6 is 11.6 Å². The maximum absolute atomic E-state index is 12.6. The molecular weight excluding hydrogens is 352 g/mol. The van der Waals surface area contributed by atoms with Crippen LogP contribution in [0.4, 0.5) is 5.69 Å². The summed E-state index contributed by atoms with van der Waals surface area (Å²) < 4.78 is 0. The summed E-state index contributed by atoms with van der Waals surface area (Å²) in [4.78, 5) is 40.3. The molecule has 0 radical (unpaired) electrons. The van der Waals surface area contributed by atoms with Crippen molar-refractivity contribution in [2.45, 2.75) is 20.3 Å². The lowest BCUT2D eigenvalue weighted by Crippen LogP contribution is -2.36. The molecule has 3 rings (SSSR count). The number of rotatable bonds is 5. The Morgan fingerprint density at radius 3 is 2.50 bits per heavy atom. The Bertz CT molecular complexity index is 894. The van der Waals surface area contributed by atoms with Gasteiger partial charge in [-0.05, 0) is 49.7 Å².